The molecular formula is C11H15BrN2OS. The first-order valence-electron chi connectivity index (χ1n) is 5.50. The number of piperidine rings is 1. The maximum Gasteiger partial charge on any atom is 0.237 e. The average Bonchev–Trinajstić information content (AvgIpc) is 2.73. The number of rotatable bonds is 3. The molecule has 0 saturated carbocycles. The molecular weight excluding hydrogens is 288 g/mol. The van der Waals surface area contributed by atoms with E-state index in [4.69, 9.17) is 0 Å². The number of carbonyl (C=O) groups excluding carboxylic acids is 1. The standard InChI is InChI=1S/C11H15BrN2OS/c12-8-4-6-16-10(8)7-14-11(15)9-3-1-2-5-13-9/h4,6,9,13H,1-3,5,7H2,(H,14,15). The maximum absolute atomic E-state index is 11.8. The van der Waals surface area contributed by atoms with Crippen LogP contribution in [0.25, 0.3) is 0 Å². The Hall–Kier alpha value is -0.390. The molecule has 1 fully saturated rings. The Labute approximate surface area is 108 Å². The van der Waals surface area contributed by atoms with E-state index < -0.39 is 0 Å². The van der Waals surface area contributed by atoms with Crippen molar-refractivity contribution >= 4 is 33.2 Å². The van der Waals surface area contributed by atoms with E-state index in [1.54, 1.807) is 11.3 Å². The molecule has 2 rings (SSSR count). The molecule has 1 atom stereocenters. The zero-order valence-electron chi connectivity index (χ0n) is 8.96. The van der Waals surface area contributed by atoms with Gasteiger partial charge < -0.3 is 10.6 Å². The highest BCUT2D eigenvalue weighted by molar-refractivity contribution is 9.10. The molecule has 0 bridgehead atoms. The largest absolute Gasteiger partial charge is 0.350 e. The molecule has 16 heavy (non-hydrogen) atoms. The number of thiophene rings is 1. The van der Waals surface area contributed by atoms with Crippen molar-refractivity contribution in [1.29, 1.82) is 0 Å². The Balaban J connectivity index is 1.81. The molecule has 0 aliphatic carbocycles. The van der Waals surface area contributed by atoms with Crippen LogP contribution in [0.3, 0.4) is 0 Å². The van der Waals surface area contributed by atoms with Gasteiger partial charge in [-0.1, -0.05) is 6.42 Å². The third kappa shape index (κ3) is 3.06. The van der Waals surface area contributed by atoms with Crippen LogP contribution in [-0.2, 0) is 11.3 Å². The molecule has 2 heterocycles. The van der Waals surface area contributed by atoms with Gasteiger partial charge in [0.05, 0.1) is 12.6 Å². The van der Waals surface area contributed by atoms with Gasteiger partial charge >= 0.3 is 0 Å². The molecule has 1 amide bonds. The second-order valence-electron chi connectivity index (χ2n) is 3.91. The summed E-state index contributed by atoms with van der Waals surface area (Å²) in [6.07, 6.45) is 3.28. The van der Waals surface area contributed by atoms with Crippen LogP contribution in [0.1, 0.15) is 24.1 Å². The topological polar surface area (TPSA) is 41.1 Å². The van der Waals surface area contributed by atoms with Gasteiger partial charge in [0.1, 0.15) is 0 Å². The first-order valence-corrected chi connectivity index (χ1v) is 7.17. The fourth-order valence-corrected chi connectivity index (χ4v) is 3.25. The van der Waals surface area contributed by atoms with Crippen LogP contribution in [0.4, 0.5) is 0 Å². The maximum atomic E-state index is 11.8. The van der Waals surface area contributed by atoms with E-state index in [-0.39, 0.29) is 11.9 Å². The number of halogens is 1. The molecule has 1 aliphatic heterocycles. The molecule has 0 radical (unpaired) electrons. The summed E-state index contributed by atoms with van der Waals surface area (Å²) >= 11 is 5.11. The summed E-state index contributed by atoms with van der Waals surface area (Å²) in [5.41, 5.74) is 0. The van der Waals surface area contributed by atoms with Crippen molar-refractivity contribution in [3.63, 3.8) is 0 Å². The number of amides is 1. The van der Waals surface area contributed by atoms with E-state index >= 15 is 0 Å². The average molecular weight is 303 g/mol. The smallest absolute Gasteiger partial charge is 0.237 e. The minimum Gasteiger partial charge on any atom is -0.350 e. The third-order valence-electron chi connectivity index (χ3n) is 2.74. The third-order valence-corrected chi connectivity index (χ3v) is 4.67. The minimum absolute atomic E-state index is 0.00693. The number of hydrogen-bond donors (Lipinski definition) is 2. The number of hydrogen-bond acceptors (Lipinski definition) is 3. The summed E-state index contributed by atoms with van der Waals surface area (Å²) in [6.45, 7) is 1.58. The quantitative estimate of drug-likeness (QED) is 0.899. The minimum atomic E-state index is 0.00693. The van der Waals surface area contributed by atoms with Crippen LogP contribution in [-0.4, -0.2) is 18.5 Å². The summed E-state index contributed by atoms with van der Waals surface area (Å²) in [4.78, 5) is 13.0. The first kappa shape index (κ1) is 12.1. The summed E-state index contributed by atoms with van der Waals surface area (Å²) in [7, 11) is 0. The van der Waals surface area contributed by atoms with Gasteiger partial charge in [-0.25, -0.2) is 0 Å². The van der Waals surface area contributed by atoms with Crippen LogP contribution in [0, 0.1) is 0 Å². The highest BCUT2D eigenvalue weighted by atomic mass is 79.9. The first-order chi connectivity index (χ1) is 7.77. The van der Waals surface area contributed by atoms with Crippen LogP contribution < -0.4 is 10.6 Å². The fourth-order valence-electron chi connectivity index (χ4n) is 1.82. The Morgan fingerprint density at radius 1 is 1.62 bits per heavy atom. The number of nitrogens with one attached hydrogen (secondary N) is 2. The van der Waals surface area contributed by atoms with Gasteiger partial charge in [-0.3, -0.25) is 4.79 Å². The van der Waals surface area contributed by atoms with E-state index in [1.165, 1.54) is 11.3 Å². The zero-order chi connectivity index (χ0) is 11.4. The van der Waals surface area contributed by atoms with E-state index in [9.17, 15) is 4.79 Å². The fraction of sp³-hybridized carbons (Fsp3) is 0.545. The predicted molar refractivity (Wildman–Crippen MR) is 69.5 cm³/mol. The molecule has 1 aliphatic rings. The second kappa shape index (κ2) is 5.80. The summed E-state index contributed by atoms with van der Waals surface area (Å²) < 4.78 is 1.08. The van der Waals surface area contributed by atoms with Gasteiger partial charge in [-0.15, -0.1) is 11.3 Å². The Morgan fingerprint density at radius 3 is 3.12 bits per heavy atom. The summed E-state index contributed by atoms with van der Waals surface area (Å²) in [5, 5.41) is 8.24. The summed E-state index contributed by atoms with van der Waals surface area (Å²) in [5.74, 6) is 0.125. The van der Waals surface area contributed by atoms with E-state index in [2.05, 4.69) is 26.6 Å². The lowest BCUT2D eigenvalue weighted by atomic mass is 10.0. The monoisotopic (exact) mass is 302 g/mol. The number of carbonyl (C=O) groups is 1. The van der Waals surface area contributed by atoms with Gasteiger partial charge in [-0.2, -0.15) is 0 Å². The van der Waals surface area contributed by atoms with Crippen molar-refractivity contribution in [3.8, 4) is 0 Å². The van der Waals surface area contributed by atoms with Crippen molar-refractivity contribution in [1.82, 2.24) is 10.6 Å². The van der Waals surface area contributed by atoms with Crippen molar-refractivity contribution in [2.45, 2.75) is 31.8 Å². The lowest BCUT2D eigenvalue weighted by Crippen LogP contribution is -2.46. The molecule has 88 valence electrons. The molecule has 0 spiro atoms. The van der Waals surface area contributed by atoms with E-state index in [1.807, 2.05) is 11.4 Å². The van der Waals surface area contributed by atoms with Gasteiger partial charge in [0.25, 0.3) is 0 Å². The van der Waals surface area contributed by atoms with Crippen molar-refractivity contribution in [3.05, 3.63) is 20.8 Å². The van der Waals surface area contributed by atoms with Crippen molar-refractivity contribution in [2.75, 3.05) is 6.54 Å². The van der Waals surface area contributed by atoms with Crippen LogP contribution in [0.5, 0.6) is 0 Å². The molecule has 5 heteroatoms. The molecule has 1 unspecified atom stereocenters. The van der Waals surface area contributed by atoms with E-state index in [0.29, 0.717) is 6.54 Å². The SMILES string of the molecule is O=C(NCc1sccc1Br)C1CCCCN1. The molecule has 1 aromatic rings. The Bertz CT molecular complexity index is 361. The normalized spacial score (nSPS) is 20.7. The molecule has 1 saturated heterocycles. The van der Waals surface area contributed by atoms with Crippen molar-refractivity contribution in [2.24, 2.45) is 0 Å². The molecule has 3 nitrogen and oxygen atoms in total. The highest BCUT2D eigenvalue weighted by Gasteiger charge is 2.20. The van der Waals surface area contributed by atoms with Gasteiger partial charge in [0.2, 0.25) is 5.91 Å². The Morgan fingerprint density at radius 2 is 2.50 bits per heavy atom. The molecule has 0 aromatic carbocycles. The van der Waals surface area contributed by atoms with Gasteiger partial charge in [0.15, 0.2) is 0 Å². The molecule has 1 aromatic heterocycles. The molecule has 2 N–H and O–H groups in total. The second-order valence-corrected chi connectivity index (χ2v) is 5.77. The van der Waals surface area contributed by atoms with Gasteiger partial charge in [-0.05, 0) is 46.8 Å². The Kier molecular flexibility index (Phi) is 4.37. The lowest BCUT2D eigenvalue weighted by molar-refractivity contribution is -0.123. The predicted octanol–water partition coefficient (Wildman–Crippen LogP) is 2.27. The van der Waals surface area contributed by atoms with Crippen molar-refractivity contribution < 1.29 is 4.79 Å². The van der Waals surface area contributed by atoms with Gasteiger partial charge in [0, 0.05) is 9.35 Å². The van der Waals surface area contributed by atoms with Crippen LogP contribution in [0.15, 0.2) is 15.9 Å². The van der Waals surface area contributed by atoms with Crippen LogP contribution >= 0.6 is 27.3 Å². The highest BCUT2D eigenvalue weighted by Crippen LogP contribution is 2.22. The van der Waals surface area contributed by atoms with Crippen LogP contribution in [0.2, 0.25) is 0 Å². The zero-order valence-corrected chi connectivity index (χ0v) is 11.4. The lowest BCUT2D eigenvalue weighted by Gasteiger charge is -2.22. The summed E-state index contributed by atoms with van der Waals surface area (Å²) in [6, 6.07) is 2.01. The van der Waals surface area contributed by atoms with E-state index in [0.717, 1.165) is 23.9 Å².